The van der Waals surface area contributed by atoms with Gasteiger partial charge >= 0.3 is 0 Å². The minimum absolute atomic E-state index is 0.0386. The van der Waals surface area contributed by atoms with E-state index in [2.05, 4.69) is 32.8 Å². The Kier molecular flexibility index (Phi) is 6.72. The van der Waals surface area contributed by atoms with Gasteiger partial charge in [-0.25, -0.2) is 9.97 Å². The summed E-state index contributed by atoms with van der Waals surface area (Å²) in [5.74, 6) is 1.23. The first-order valence-corrected chi connectivity index (χ1v) is 11.1. The van der Waals surface area contributed by atoms with E-state index in [1.807, 2.05) is 12.4 Å². The molecule has 1 aliphatic rings. The fraction of sp³-hybridized carbons (Fsp3) is 0.333. The van der Waals surface area contributed by atoms with Crippen LogP contribution in [0.5, 0.6) is 5.75 Å². The molecule has 3 aromatic rings. The second-order valence-electron chi connectivity index (χ2n) is 7.80. The summed E-state index contributed by atoms with van der Waals surface area (Å²) < 4.78 is 6.26. The Morgan fingerprint density at radius 2 is 2.00 bits per heavy atom. The Bertz CT molecular complexity index is 1180. The van der Waals surface area contributed by atoms with Gasteiger partial charge < -0.3 is 14.6 Å². The van der Waals surface area contributed by atoms with Crippen molar-refractivity contribution in [3.8, 4) is 22.9 Å². The Morgan fingerprint density at radius 1 is 1.25 bits per heavy atom. The quantitative estimate of drug-likeness (QED) is 0.600. The van der Waals surface area contributed by atoms with Gasteiger partial charge in [-0.05, 0) is 30.2 Å². The van der Waals surface area contributed by atoms with Gasteiger partial charge in [0.05, 0.1) is 22.2 Å². The molecular formula is C24H24ClN5O2. The van der Waals surface area contributed by atoms with Crippen molar-refractivity contribution in [2.24, 2.45) is 0 Å². The number of aryl methyl sites for hydroxylation is 1. The van der Waals surface area contributed by atoms with Gasteiger partial charge in [0.25, 0.3) is 5.56 Å². The number of anilines is 1. The Labute approximate surface area is 191 Å². The lowest BCUT2D eigenvalue weighted by Gasteiger charge is -2.32. The van der Waals surface area contributed by atoms with Crippen LogP contribution in [0.25, 0.3) is 11.1 Å². The second kappa shape index (κ2) is 9.84. The zero-order chi connectivity index (χ0) is 22.5. The summed E-state index contributed by atoms with van der Waals surface area (Å²) in [5.41, 5.74) is 2.22. The van der Waals surface area contributed by atoms with E-state index >= 15 is 0 Å². The monoisotopic (exact) mass is 449 g/mol. The molecule has 0 unspecified atom stereocenters. The second-order valence-corrected chi connectivity index (χ2v) is 8.21. The Hall–Kier alpha value is -3.37. The van der Waals surface area contributed by atoms with Crippen molar-refractivity contribution in [2.75, 3.05) is 18.0 Å². The average molecular weight is 450 g/mol. The molecule has 2 aromatic heterocycles. The van der Waals surface area contributed by atoms with E-state index in [1.165, 1.54) is 0 Å². The molecule has 0 bridgehead atoms. The zero-order valence-electron chi connectivity index (χ0n) is 17.8. The summed E-state index contributed by atoms with van der Waals surface area (Å²) in [7, 11) is 0. The number of hydrogen-bond acceptors (Lipinski definition) is 6. The Morgan fingerprint density at radius 3 is 2.66 bits per heavy atom. The summed E-state index contributed by atoms with van der Waals surface area (Å²) in [6.07, 6.45) is 8.96. The summed E-state index contributed by atoms with van der Waals surface area (Å²) in [5, 5.41) is 9.41. The van der Waals surface area contributed by atoms with Gasteiger partial charge in [-0.2, -0.15) is 5.26 Å². The highest BCUT2D eigenvalue weighted by Crippen LogP contribution is 2.34. The first kappa shape index (κ1) is 21.8. The minimum atomic E-state index is -0.285. The maximum atomic E-state index is 12.6. The van der Waals surface area contributed by atoms with Crippen LogP contribution in [0, 0.1) is 11.3 Å². The molecular weight excluding hydrogens is 426 g/mol. The molecule has 0 amide bonds. The van der Waals surface area contributed by atoms with E-state index in [0.717, 1.165) is 50.3 Å². The average Bonchev–Trinajstić information content (AvgIpc) is 2.81. The smallest absolute Gasteiger partial charge is 0.259 e. The van der Waals surface area contributed by atoms with E-state index in [9.17, 15) is 4.79 Å². The van der Waals surface area contributed by atoms with Crippen LogP contribution in [0.15, 0.2) is 47.7 Å². The van der Waals surface area contributed by atoms with Crippen molar-refractivity contribution in [3.63, 3.8) is 0 Å². The van der Waals surface area contributed by atoms with Crippen LogP contribution < -0.4 is 15.2 Å². The lowest BCUT2D eigenvalue weighted by Crippen LogP contribution is -2.39. The standard InChI is InChI=1S/C24H24ClN5O2/c1-2-3-17-14-28-24(29-15-17)30-10-7-18(8-11-30)32-21-6-9-27-23(31)22(21)19-5-4-16(13-26)12-20(19)25/h4-6,9,12,14-15,18H,2-3,7-8,10-11H2,1H3,(H,27,31). The zero-order valence-corrected chi connectivity index (χ0v) is 18.6. The Balaban J connectivity index is 1.48. The fourth-order valence-corrected chi connectivity index (χ4v) is 4.16. The number of nitrogens with one attached hydrogen (secondary N) is 1. The van der Waals surface area contributed by atoms with Crippen molar-refractivity contribution >= 4 is 17.5 Å². The number of pyridine rings is 1. The molecule has 0 saturated carbocycles. The highest BCUT2D eigenvalue weighted by atomic mass is 35.5. The number of benzene rings is 1. The fourth-order valence-electron chi connectivity index (χ4n) is 3.88. The summed E-state index contributed by atoms with van der Waals surface area (Å²) >= 11 is 6.37. The maximum absolute atomic E-state index is 12.6. The van der Waals surface area contributed by atoms with Crippen molar-refractivity contribution in [1.82, 2.24) is 15.0 Å². The third kappa shape index (κ3) is 4.76. The molecule has 7 nitrogen and oxygen atoms in total. The molecule has 1 N–H and O–H groups in total. The molecule has 32 heavy (non-hydrogen) atoms. The summed E-state index contributed by atoms with van der Waals surface area (Å²) in [4.78, 5) is 26.5. The molecule has 0 atom stereocenters. The van der Waals surface area contributed by atoms with E-state index < -0.39 is 0 Å². The molecule has 1 saturated heterocycles. The molecule has 0 radical (unpaired) electrons. The van der Waals surface area contributed by atoms with E-state index in [4.69, 9.17) is 21.6 Å². The lowest BCUT2D eigenvalue weighted by atomic mass is 10.0. The SMILES string of the molecule is CCCc1cnc(N2CCC(Oc3cc[nH]c(=O)c3-c3ccc(C#N)cc3Cl)CC2)nc1. The van der Waals surface area contributed by atoms with E-state index in [-0.39, 0.29) is 11.7 Å². The highest BCUT2D eigenvalue weighted by Gasteiger charge is 2.24. The van der Waals surface area contributed by atoms with Gasteiger partial charge in [-0.15, -0.1) is 0 Å². The number of aromatic amines is 1. The predicted molar refractivity (Wildman–Crippen MR) is 124 cm³/mol. The molecule has 3 heterocycles. The van der Waals surface area contributed by atoms with Crippen LogP contribution in [0.3, 0.4) is 0 Å². The number of H-pyrrole nitrogens is 1. The molecule has 0 spiro atoms. The molecule has 1 fully saturated rings. The van der Waals surface area contributed by atoms with Crippen molar-refractivity contribution in [3.05, 3.63) is 69.4 Å². The van der Waals surface area contributed by atoms with Crippen molar-refractivity contribution in [2.45, 2.75) is 38.7 Å². The van der Waals surface area contributed by atoms with Crippen molar-refractivity contribution < 1.29 is 4.74 Å². The first-order valence-electron chi connectivity index (χ1n) is 10.7. The van der Waals surface area contributed by atoms with Gasteiger partial charge in [-0.3, -0.25) is 4.79 Å². The van der Waals surface area contributed by atoms with Gasteiger partial charge in [0.2, 0.25) is 5.95 Å². The highest BCUT2D eigenvalue weighted by molar-refractivity contribution is 6.33. The van der Waals surface area contributed by atoms with Gasteiger partial charge in [0, 0.05) is 50.1 Å². The van der Waals surface area contributed by atoms with Crippen LogP contribution in [-0.4, -0.2) is 34.1 Å². The van der Waals surface area contributed by atoms with Crippen LogP contribution >= 0.6 is 11.6 Å². The molecule has 1 aliphatic heterocycles. The van der Waals surface area contributed by atoms with E-state index in [0.29, 0.717) is 27.5 Å². The number of ether oxygens (including phenoxy) is 1. The van der Waals surface area contributed by atoms with Crippen LogP contribution in [0.2, 0.25) is 5.02 Å². The third-order valence-corrected chi connectivity index (χ3v) is 5.85. The number of halogens is 1. The molecule has 164 valence electrons. The molecule has 8 heteroatoms. The van der Waals surface area contributed by atoms with Gasteiger partial charge in [-0.1, -0.05) is 31.0 Å². The first-order chi connectivity index (χ1) is 15.6. The number of aromatic nitrogens is 3. The van der Waals surface area contributed by atoms with Crippen LogP contribution in [0.4, 0.5) is 5.95 Å². The number of rotatable bonds is 6. The van der Waals surface area contributed by atoms with Crippen LogP contribution in [-0.2, 0) is 6.42 Å². The molecule has 4 rings (SSSR count). The number of hydrogen-bond donors (Lipinski definition) is 1. The van der Waals surface area contributed by atoms with Gasteiger partial charge in [0.1, 0.15) is 11.9 Å². The number of nitrogens with zero attached hydrogens (tertiary/aromatic N) is 4. The topological polar surface area (TPSA) is 94.9 Å². The maximum Gasteiger partial charge on any atom is 0.259 e. The third-order valence-electron chi connectivity index (χ3n) is 5.54. The predicted octanol–water partition coefficient (Wildman–Crippen LogP) is 4.36. The number of nitriles is 1. The summed E-state index contributed by atoms with van der Waals surface area (Å²) in [6, 6.07) is 8.67. The largest absolute Gasteiger partial charge is 0.489 e. The normalized spacial score (nSPS) is 14.2. The molecule has 1 aromatic carbocycles. The van der Waals surface area contributed by atoms with Crippen molar-refractivity contribution in [1.29, 1.82) is 5.26 Å². The number of piperidine rings is 1. The minimum Gasteiger partial charge on any atom is -0.489 e. The summed E-state index contributed by atoms with van der Waals surface area (Å²) in [6.45, 7) is 3.68. The molecule has 0 aliphatic carbocycles. The lowest BCUT2D eigenvalue weighted by molar-refractivity contribution is 0.171. The van der Waals surface area contributed by atoms with E-state index in [1.54, 1.807) is 30.5 Å². The van der Waals surface area contributed by atoms with Gasteiger partial charge in [0.15, 0.2) is 0 Å². The van der Waals surface area contributed by atoms with Crippen LogP contribution in [0.1, 0.15) is 37.3 Å².